The summed E-state index contributed by atoms with van der Waals surface area (Å²) < 4.78 is 32.2. The lowest BCUT2D eigenvalue weighted by atomic mass is 10.3. The first-order chi connectivity index (χ1) is 11.0. The molecule has 120 valence electrons. The molecule has 0 unspecified atom stereocenters. The molecular weight excluding hydrogens is 317 g/mol. The normalized spacial score (nSPS) is 12.5. The highest BCUT2D eigenvalue weighted by Gasteiger charge is 2.12. The number of rotatable bonds is 5. The Labute approximate surface area is 135 Å². The highest BCUT2D eigenvalue weighted by atomic mass is 32.2. The van der Waals surface area contributed by atoms with Crippen LogP contribution in [0.15, 0.2) is 40.9 Å². The number of aromatic nitrogens is 3. The Balaban J connectivity index is 1.66. The zero-order valence-electron chi connectivity index (χ0n) is 12.8. The van der Waals surface area contributed by atoms with Crippen LogP contribution in [0.2, 0.25) is 0 Å². The predicted octanol–water partition coefficient (Wildman–Crippen LogP) is 3.07. The zero-order valence-corrected chi connectivity index (χ0v) is 13.6. The van der Waals surface area contributed by atoms with Crippen LogP contribution in [0.5, 0.6) is 0 Å². The number of nitrogens with zero attached hydrogens (tertiary/aromatic N) is 3. The summed E-state index contributed by atoms with van der Waals surface area (Å²) in [5.74, 6) is 1.51. The minimum absolute atomic E-state index is 0.262. The monoisotopic (exact) mass is 333 g/mol. The molecule has 23 heavy (non-hydrogen) atoms. The van der Waals surface area contributed by atoms with E-state index < -0.39 is 10.8 Å². The van der Waals surface area contributed by atoms with Crippen molar-refractivity contribution in [2.24, 2.45) is 0 Å². The summed E-state index contributed by atoms with van der Waals surface area (Å²) in [5, 5.41) is 4.36. The zero-order chi connectivity index (χ0) is 16.4. The molecule has 0 aliphatic carbocycles. The summed E-state index contributed by atoms with van der Waals surface area (Å²) in [6.07, 6.45) is 1.76. The number of halogens is 1. The van der Waals surface area contributed by atoms with E-state index in [9.17, 15) is 8.60 Å². The topological polar surface area (TPSA) is 60.9 Å². The van der Waals surface area contributed by atoms with Gasteiger partial charge >= 0.3 is 0 Å². The fraction of sp³-hybridized carbons (Fsp3) is 0.250. The maximum Gasteiger partial charge on any atom is 0.207 e. The van der Waals surface area contributed by atoms with Gasteiger partial charge < -0.3 is 4.42 Å². The van der Waals surface area contributed by atoms with Crippen molar-refractivity contribution in [3.8, 4) is 5.69 Å². The maximum atomic E-state index is 12.9. The number of aryl methyl sites for hydroxylation is 2. The first-order valence-corrected chi connectivity index (χ1v) is 8.58. The highest BCUT2D eigenvalue weighted by Crippen LogP contribution is 2.13. The number of benzene rings is 1. The molecule has 0 spiro atoms. The molecule has 3 rings (SSSR count). The van der Waals surface area contributed by atoms with Gasteiger partial charge in [-0.2, -0.15) is 5.10 Å². The fourth-order valence-corrected chi connectivity index (χ4v) is 3.12. The van der Waals surface area contributed by atoms with Crippen molar-refractivity contribution in [1.29, 1.82) is 0 Å². The van der Waals surface area contributed by atoms with Gasteiger partial charge in [-0.15, -0.1) is 0 Å². The second-order valence-electron chi connectivity index (χ2n) is 5.21. The van der Waals surface area contributed by atoms with Crippen molar-refractivity contribution in [2.45, 2.75) is 25.4 Å². The molecule has 0 saturated heterocycles. The van der Waals surface area contributed by atoms with Gasteiger partial charge in [-0.25, -0.2) is 14.1 Å². The molecule has 2 heterocycles. The number of hydrogen-bond acceptors (Lipinski definition) is 4. The van der Waals surface area contributed by atoms with Gasteiger partial charge in [0.15, 0.2) is 0 Å². The van der Waals surface area contributed by atoms with Crippen LogP contribution in [0.1, 0.15) is 23.0 Å². The molecule has 0 aliphatic rings. The molecule has 0 radical (unpaired) electrons. The third-order valence-corrected chi connectivity index (χ3v) is 4.59. The van der Waals surface area contributed by atoms with Crippen molar-refractivity contribution >= 4 is 10.8 Å². The van der Waals surface area contributed by atoms with Gasteiger partial charge in [0.2, 0.25) is 5.89 Å². The minimum atomic E-state index is -1.16. The maximum absolute atomic E-state index is 12.9. The molecular formula is C16H16FN3O2S. The van der Waals surface area contributed by atoms with E-state index in [4.69, 9.17) is 4.42 Å². The first-order valence-electron chi connectivity index (χ1n) is 7.09. The molecule has 5 nitrogen and oxygen atoms in total. The van der Waals surface area contributed by atoms with E-state index in [-0.39, 0.29) is 11.6 Å². The average molecular weight is 333 g/mol. The van der Waals surface area contributed by atoms with E-state index in [1.54, 1.807) is 29.1 Å². The Morgan fingerprint density at radius 1 is 1.17 bits per heavy atom. The molecule has 1 atom stereocenters. The lowest BCUT2D eigenvalue weighted by molar-refractivity contribution is 0.487. The Morgan fingerprint density at radius 3 is 2.57 bits per heavy atom. The molecule has 2 aromatic heterocycles. The summed E-state index contributed by atoms with van der Waals surface area (Å²) in [7, 11) is -1.16. The van der Waals surface area contributed by atoms with Crippen LogP contribution in [-0.2, 0) is 22.3 Å². The first kappa shape index (κ1) is 15.6. The number of oxazole rings is 1. The summed E-state index contributed by atoms with van der Waals surface area (Å²) in [4.78, 5) is 4.23. The SMILES string of the molecule is Cc1nc(C[S@](=O)Cc2ccn(-c3ccc(F)cc3)n2)oc1C. The van der Waals surface area contributed by atoms with Crippen molar-refractivity contribution in [3.05, 3.63) is 65.4 Å². The Kier molecular flexibility index (Phi) is 4.38. The second-order valence-corrected chi connectivity index (χ2v) is 6.66. The molecule has 7 heteroatoms. The minimum Gasteiger partial charge on any atom is -0.445 e. The molecule has 0 amide bonds. The Bertz CT molecular complexity index is 820. The molecule has 0 fully saturated rings. The second kappa shape index (κ2) is 6.45. The Hall–Kier alpha value is -2.28. The molecule has 0 aliphatic heterocycles. The van der Waals surface area contributed by atoms with E-state index in [2.05, 4.69) is 10.1 Å². The van der Waals surface area contributed by atoms with Crippen molar-refractivity contribution < 1.29 is 13.0 Å². The summed E-state index contributed by atoms with van der Waals surface area (Å²) >= 11 is 0. The van der Waals surface area contributed by atoms with E-state index in [1.807, 2.05) is 13.8 Å². The van der Waals surface area contributed by atoms with Gasteiger partial charge in [-0.3, -0.25) is 4.21 Å². The van der Waals surface area contributed by atoms with Gasteiger partial charge in [-0.05, 0) is 44.2 Å². The average Bonchev–Trinajstić information content (AvgIpc) is 3.07. The van der Waals surface area contributed by atoms with Crippen LogP contribution < -0.4 is 0 Å². The van der Waals surface area contributed by atoms with Gasteiger partial charge in [0.05, 0.1) is 22.8 Å². The smallest absolute Gasteiger partial charge is 0.207 e. The van der Waals surface area contributed by atoms with E-state index in [1.165, 1.54) is 12.1 Å². The van der Waals surface area contributed by atoms with Gasteiger partial charge in [-0.1, -0.05) is 0 Å². The third kappa shape index (κ3) is 3.73. The van der Waals surface area contributed by atoms with Crippen LogP contribution in [0.4, 0.5) is 4.39 Å². The summed E-state index contributed by atoms with van der Waals surface area (Å²) in [5.41, 5.74) is 2.27. The lowest BCUT2D eigenvalue weighted by Gasteiger charge is -2.00. The van der Waals surface area contributed by atoms with Gasteiger partial charge in [0.25, 0.3) is 0 Å². The van der Waals surface area contributed by atoms with Crippen molar-refractivity contribution in [1.82, 2.24) is 14.8 Å². The standard InChI is InChI=1S/C16H16FN3O2S/c1-11-12(2)22-16(18-11)10-23(21)9-14-7-8-20(19-14)15-5-3-13(17)4-6-15/h3-8H,9-10H2,1-2H3/t23-/m1/s1. The molecule has 0 bridgehead atoms. The van der Waals surface area contributed by atoms with Crippen LogP contribution in [0, 0.1) is 19.7 Å². The summed E-state index contributed by atoms with van der Waals surface area (Å²) in [6, 6.07) is 7.83. The fourth-order valence-electron chi connectivity index (χ4n) is 2.13. The van der Waals surface area contributed by atoms with Crippen LogP contribution in [0.3, 0.4) is 0 Å². The largest absolute Gasteiger partial charge is 0.445 e. The van der Waals surface area contributed by atoms with Crippen LogP contribution >= 0.6 is 0 Å². The summed E-state index contributed by atoms with van der Waals surface area (Å²) in [6.45, 7) is 3.69. The van der Waals surface area contributed by atoms with Crippen LogP contribution in [-0.4, -0.2) is 19.0 Å². The third-order valence-electron chi connectivity index (χ3n) is 3.40. The van der Waals surface area contributed by atoms with E-state index in [0.717, 1.165) is 17.1 Å². The lowest BCUT2D eigenvalue weighted by Crippen LogP contribution is -2.02. The van der Waals surface area contributed by atoms with Crippen LogP contribution in [0.25, 0.3) is 5.69 Å². The highest BCUT2D eigenvalue weighted by molar-refractivity contribution is 7.83. The van der Waals surface area contributed by atoms with Crippen molar-refractivity contribution in [2.75, 3.05) is 0 Å². The van der Waals surface area contributed by atoms with Gasteiger partial charge in [0.1, 0.15) is 17.3 Å². The van der Waals surface area contributed by atoms with Crippen molar-refractivity contribution in [3.63, 3.8) is 0 Å². The predicted molar refractivity (Wildman–Crippen MR) is 85.0 cm³/mol. The number of hydrogen-bond donors (Lipinski definition) is 0. The van der Waals surface area contributed by atoms with E-state index in [0.29, 0.717) is 17.3 Å². The van der Waals surface area contributed by atoms with E-state index >= 15 is 0 Å². The molecule has 0 N–H and O–H groups in total. The quantitative estimate of drug-likeness (QED) is 0.720. The molecule has 3 aromatic rings. The Morgan fingerprint density at radius 2 is 1.91 bits per heavy atom. The molecule has 0 saturated carbocycles. The molecule has 1 aromatic carbocycles. The van der Waals surface area contributed by atoms with Gasteiger partial charge in [0, 0.05) is 17.0 Å².